The molecule has 0 aromatic carbocycles. The van der Waals surface area contributed by atoms with E-state index in [1.165, 1.54) is 6.92 Å². The van der Waals surface area contributed by atoms with Crippen molar-refractivity contribution < 1.29 is 4.79 Å². The van der Waals surface area contributed by atoms with Crippen LogP contribution in [0.15, 0.2) is 29.4 Å². The number of hydrogen-bond donors (Lipinski definition) is 0. The van der Waals surface area contributed by atoms with Crippen LogP contribution in [0.3, 0.4) is 0 Å². The predicted octanol–water partition coefficient (Wildman–Crippen LogP) is 2.91. The minimum atomic E-state index is 0.0484. The number of hydrogen-bond acceptors (Lipinski definition) is 2. The zero-order valence-electron chi connectivity index (χ0n) is 8.42. The zero-order valence-corrected chi connectivity index (χ0v) is 8.42. The lowest BCUT2D eigenvalue weighted by atomic mass is 10.2. The molecule has 0 saturated heterocycles. The number of ketones is 1. The summed E-state index contributed by atoms with van der Waals surface area (Å²) in [6.45, 7) is 7.18. The number of nitrogens with zero attached hydrogens (tertiary/aromatic N) is 1. The van der Waals surface area contributed by atoms with Crippen LogP contribution in [0.25, 0.3) is 0 Å². The third-order valence-electron chi connectivity index (χ3n) is 1.50. The molecule has 0 rings (SSSR count). The van der Waals surface area contributed by atoms with Gasteiger partial charge in [-0.05, 0) is 19.8 Å². The lowest BCUT2D eigenvalue weighted by molar-refractivity contribution is -0.112. The maximum absolute atomic E-state index is 10.8. The first kappa shape index (κ1) is 11.8. The minimum Gasteiger partial charge on any atom is -0.295 e. The fourth-order valence-electron chi connectivity index (χ4n) is 0.915. The van der Waals surface area contributed by atoms with Crippen LogP contribution in [0.4, 0.5) is 0 Å². The second-order valence-corrected chi connectivity index (χ2v) is 2.86. The Balaban J connectivity index is 4.26. The Bertz CT molecular complexity index is 226. The first-order valence-corrected chi connectivity index (χ1v) is 4.57. The molecule has 0 heterocycles. The van der Waals surface area contributed by atoms with Crippen molar-refractivity contribution >= 4 is 12.0 Å². The van der Waals surface area contributed by atoms with Crippen molar-refractivity contribution in [2.45, 2.75) is 33.1 Å². The van der Waals surface area contributed by atoms with Gasteiger partial charge in [0.1, 0.15) is 0 Å². The smallest absolute Gasteiger partial charge is 0.154 e. The molecule has 0 aliphatic carbocycles. The first-order chi connectivity index (χ1) is 6.20. The van der Waals surface area contributed by atoms with E-state index in [0.29, 0.717) is 0 Å². The van der Waals surface area contributed by atoms with Gasteiger partial charge in [-0.2, -0.15) is 0 Å². The molecule has 2 heteroatoms. The number of rotatable bonds is 6. The van der Waals surface area contributed by atoms with Crippen LogP contribution < -0.4 is 0 Å². The van der Waals surface area contributed by atoms with Gasteiger partial charge in [0.05, 0.1) is 0 Å². The maximum Gasteiger partial charge on any atom is 0.154 e. The quantitative estimate of drug-likeness (QED) is 0.455. The number of aliphatic imine (C=N–C) groups is 1. The van der Waals surface area contributed by atoms with E-state index in [4.69, 9.17) is 0 Å². The summed E-state index contributed by atoms with van der Waals surface area (Å²) in [5, 5.41) is 0. The van der Waals surface area contributed by atoms with Gasteiger partial charge in [0.25, 0.3) is 0 Å². The Morgan fingerprint density at radius 1 is 1.54 bits per heavy atom. The largest absolute Gasteiger partial charge is 0.295 e. The lowest BCUT2D eigenvalue weighted by Gasteiger charge is -1.98. The molecule has 72 valence electrons. The topological polar surface area (TPSA) is 29.4 Å². The van der Waals surface area contributed by atoms with E-state index < -0.39 is 0 Å². The predicted molar refractivity (Wildman–Crippen MR) is 57.0 cm³/mol. The third kappa shape index (κ3) is 7.19. The molecule has 0 fully saturated rings. The van der Waals surface area contributed by atoms with Crippen molar-refractivity contribution in [2.24, 2.45) is 4.99 Å². The van der Waals surface area contributed by atoms with Gasteiger partial charge in [0, 0.05) is 18.0 Å². The molecule has 0 aromatic heterocycles. The molecule has 0 atom stereocenters. The summed E-state index contributed by atoms with van der Waals surface area (Å²) in [6.07, 6.45) is 7.84. The van der Waals surface area contributed by atoms with E-state index in [1.54, 1.807) is 18.4 Å². The Kier molecular flexibility index (Phi) is 6.79. The van der Waals surface area contributed by atoms with Gasteiger partial charge in [0.2, 0.25) is 0 Å². The van der Waals surface area contributed by atoms with Crippen molar-refractivity contribution in [3.63, 3.8) is 0 Å². The Morgan fingerprint density at radius 2 is 2.23 bits per heavy atom. The van der Waals surface area contributed by atoms with Crippen molar-refractivity contribution in [2.75, 3.05) is 0 Å². The molecule has 0 saturated carbocycles. The zero-order chi connectivity index (χ0) is 10.1. The highest BCUT2D eigenvalue weighted by atomic mass is 16.1. The van der Waals surface area contributed by atoms with Gasteiger partial charge in [-0.3, -0.25) is 9.79 Å². The van der Waals surface area contributed by atoms with E-state index in [1.807, 2.05) is 0 Å². The SMILES string of the molecule is C=CC=NC(=CC(C)=O)CCCC. The molecule has 0 radical (unpaired) electrons. The van der Waals surface area contributed by atoms with Crippen LogP contribution in [0.2, 0.25) is 0 Å². The Hall–Kier alpha value is -1.18. The number of carbonyl (C=O) groups excluding carboxylic acids is 1. The third-order valence-corrected chi connectivity index (χ3v) is 1.50. The maximum atomic E-state index is 10.8. The molecule has 0 unspecified atom stereocenters. The fraction of sp³-hybridized carbons (Fsp3) is 0.455. The second-order valence-electron chi connectivity index (χ2n) is 2.86. The van der Waals surface area contributed by atoms with Crippen LogP contribution in [0, 0.1) is 0 Å². The van der Waals surface area contributed by atoms with Crippen molar-refractivity contribution in [3.8, 4) is 0 Å². The molecule has 0 aliphatic heterocycles. The number of carbonyl (C=O) groups is 1. The second kappa shape index (κ2) is 7.47. The molecule has 0 N–H and O–H groups in total. The summed E-state index contributed by atoms with van der Waals surface area (Å²) in [6, 6.07) is 0. The normalized spacial score (nSPS) is 12.0. The van der Waals surface area contributed by atoms with Gasteiger partial charge in [0.15, 0.2) is 5.78 Å². The van der Waals surface area contributed by atoms with Crippen molar-refractivity contribution in [3.05, 3.63) is 24.4 Å². The molecule has 0 bridgehead atoms. The van der Waals surface area contributed by atoms with E-state index in [9.17, 15) is 4.79 Å². The minimum absolute atomic E-state index is 0.0484. The Labute approximate surface area is 80.1 Å². The van der Waals surface area contributed by atoms with Crippen LogP contribution >= 0.6 is 0 Å². The first-order valence-electron chi connectivity index (χ1n) is 4.57. The summed E-state index contributed by atoms with van der Waals surface area (Å²) >= 11 is 0. The number of unbranched alkanes of at least 4 members (excludes halogenated alkanes) is 1. The number of allylic oxidation sites excluding steroid dienone is 3. The van der Waals surface area contributed by atoms with E-state index in [0.717, 1.165) is 25.0 Å². The average Bonchev–Trinajstić information content (AvgIpc) is 2.09. The Morgan fingerprint density at radius 3 is 2.69 bits per heavy atom. The van der Waals surface area contributed by atoms with Crippen LogP contribution in [-0.2, 0) is 4.79 Å². The highest BCUT2D eigenvalue weighted by Crippen LogP contribution is 2.08. The van der Waals surface area contributed by atoms with Gasteiger partial charge >= 0.3 is 0 Å². The summed E-state index contributed by atoms with van der Waals surface area (Å²) in [5.74, 6) is 0.0484. The van der Waals surface area contributed by atoms with E-state index in [2.05, 4.69) is 18.5 Å². The summed E-state index contributed by atoms with van der Waals surface area (Å²) in [5.41, 5.74) is 0.842. The van der Waals surface area contributed by atoms with E-state index in [-0.39, 0.29) is 5.78 Å². The summed E-state index contributed by atoms with van der Waals surface area (Å²) in [4.78, 5) is 14.9. The molecule has 0 aromatic rings. The standard InChI is InChI=1S/C11H17NO/c1-4-6-7-11(9-10(3)13)12-8-5-2/h5,8-9H,2,4,6-7H2,1,3H3. The van der Waals surface area contributed by atoms with Gasteiger partial charge in [-0.15, -0.1) is 0 Å². The average molecular weight is 179 g/mol. The summed E-state index contributed by atoms with van der Waals surface area (Å²) < 4.78 is 0. The monoisotopic (exact) mass is 179 g/mol. The molecule has 13 heavy (non-hydrogen) atoms. The molecule has 0 spiro atoms. The molecular weight excluding hydrogens is 162 g/mol. The van der Waals surface area contributed by atoms with Gasteiger partial charge in [-0.25, -0.2) is 0 Å². The van der Waals surface area contributed by atoms with Crippen LogP contribution in [0.1, 0.15) is 33.1 Å². The van der Waals surface area contributed by atoms with Crippen LogP contribution in [0.5, 0.6) is 0 Å². The summed E-state index contributed by atoms with van der Waals surface area (Å²) in [7, 11) is 0. The molecule has 0 aliphatic rings. The lowest BCUT2D eigenvalue weighted by Crippen LogP contribution is -1.88. The highest BCUT2D eigenvalue weighted by Gasteiger charge is 1.95. The van der Waals surface area contributed by atoms with E-state index >= 15 is 0 Å². The fourth-order valence-corrected chi connectivity index (χ4v) is 0.915. The highest BCUT2D eigenvalue weighted by molar-refractivity contribution is 5.88. The van der Waals surface area contributed by atoms with Crippen molar-refractivity contribution in [1.82, 2.24) is 0 Å². The van der Waals surface area contributed by atoms with Crippen LogP contribution in [-0.4, -0.2) is 12.0 Å². The molecular formula is C11H17NO. The van der Waals surface area contributed by atoms with Gasteiger partial charge in [-0.1, -0.05) is 26.0 Å². The molecule has 2 nitrogen and oxygen atoms in total. The van der Waals surface area contributed by atoms with Crippen molar-refractivity contribution in [1.29, 1.82) is 0 Å². The van der Waals surface area contributed by atoms with Gasteiger partial charge < -0.3 is 0 Å². The molecule has 0 amide bonds.